The maximum atomic E-state index is 12.2. The van der Waals surface area contributed by atoms with E-state index in [0.29, 0.717) is 12.5 Å². The molecule has 3 nitrogen and oxygen atoms in total. The average molecular weight is 266 g/mol. The summed E-state index contributed by atoms with van der Waals surface area (Å²) in [7, 11) is 0. The van der Waals surface area contributed by atoms with Crippen LogP contribution in [0.25, 0.3) is 0 Å². The van der Waals surface area contributed by atoms with Crippen LogP contribution in [0.5, 0.6) is 0 Å². The molecule has 1 atom stereocenters. The number of hydrogen-bond donors (Lipinski definition) is 1. The smallest absolute Gasteiger partial charge is 0.341 e. The average Bonchev–Trinajstić information content (AvgIpc) is 3.04. The van der Waals surface area contributed by atoms with Crippen molar-refractivity contribution in [3.05, 3.63) is 0 Å². The Morgan fingerprint density at radius 2 is 1.94 bits per heavy atom. The van der Waals surface area contributed by atoms with Gasteiger partial charge in [0.15, 0.2) is 0 Å². The summed E-state index contributed by atoms with van der Waals surface area (Å²) in [4.78, 5) is 13.3. The molecular weight excluding hydrogens is 245 g/mol. The van der Waals surface area contributed by atoms with E-state index >= 15 is 0 Å². The fourth-order valence-corrected chi connectivity index (χ4v) is 1.66. The summed E-state index contributed by atoms with van der Waals surface area (Å²) < 4.78 is 36.7. The highest BCUT2D eigenvalue weighted by Crippen LogP contribution is 2.30. The normalized spacial score (nSPS) is 17.9. The van der Waals surface area contributed by atoms with Crippen LogP contribution in [0, 0.1) is 11.8 Å². The van der Waals surface area contributed by atoms with Gasteiger partial charge in [0.25, 0.3) is 0 Å². The standard InChI is InChI=1S/C12H21F3N2O/c1-8(2)10(16)11(18)17(7-9-3-4-9)6-5-12(13,14)15/h8-10H,3-7,16H2,1-2H3/t10-/m0/s1. The van der Waals surface area contributed by atoms with Gasteiger partial charge in [0.05, 0.1) is 12.5 Å². The molecule has 0 heterocycles. The minimum atomic E-state index is -4.23. The van der Waals surface area contributed by atoms with Crippen molar-refractivity contribution in [3.8, 4) is 0 Å². The maximum Gasteiger partial charge on any atom is 0.390 e. The summed E-state index contributed by atoms with van der Waals surface area (Å²) in [6, 6.07) is -0.711. The van der Waals surface area contributed by atoms with Crippen molar-refractivity contribution in [3.63, 3.8) is 0 Å². The third-order valence-electron chi connectivity index (χ3n) is 3.16. The molecule has 18 heavy (non-hydrogen) atoms. The fraction of sp³-hybridized carbons (Fsp3) is 0.917. The number of alkyl halides is 3. The lowest BCUT2D eigenvalue weighted by molar-refractivity contribution is -0.146. The van der Waals surface area contributed by atoms with Crippen LogP contribution in [0.1, 0.15) is 33.1 Å². The summed E-state index contributed by atoms with van der Waals surface area (Å²) in [5, 5.41) is 0. The molecule has 1 saturated carbocycles. The predicted molar refractivity (Wildman–Crippen MR) is 62.8 cm³/mol. The van der Waals surface area contributed by atoms with Crippen LogP contribution < -0.4 is 5.73 Å². The number of nitrogens with zero attached hydrogens (tertiary/aromatic N) is 1. The summed E-state index contributed by atoms with van der Waals surface area (Å²) in [6.45, 7) is 3.72. The minimum absolute atomic E-state index is 0.0647. The van der Waals surface area contributed by atoms with Crippen molar-refractivity contribution in [2.45, 2.75) is 45.3 Å². The number of hydrogen-bond acceptors (Lipinski definition) is 2. The molecule has 6 heteroatoms. The summed E-state index contributed by atoms with van der Waals surface area (Å²) in [5.41, 5.74) is 5.72. The summed E-state index contributed by atoms with van der Waals surface area (Å²) >= 11 is 0. The number of carbonyl (C=O) groups excluding carboxylic acids is 1. The van der Waals surface area contributed by atoms with Gasteiger partial charge in [-0.05, 0) is 24.7 Å². The second-order valence-corrected chi connectivity index (χ2v) is 5.36. The Hall–Kier alpha value is -0.780. The van der Waals surface area contributed by atoms with Gasteiger partial charge in [0, 0.05) is 13.1 Å². The van der Waals surface area contributed by atoms with Crippen LogP contribution >= 0.6 is 0 Å². The van der Waals surface area contributed by atoms with Gasteiger partial charge >= 0.3 is 6.18 Å². The van der Waals surface area contributed by atoms with Gasteiger partial charge in [-0.1, -0.05) is 13.8 Å². The SMILES string of the molecule is CC(C)[C@H](N)C(=O)N(CCC(F)(F)F)CC1CC1. The van der Waals surface area contributed by atoms with Crippen LogP contribution in [0.2, 0.25) is 0 Å². The topological polar surface area (TPSA) is 46.3 Å². The molecule has 0 aromatic rings. The number of rotatable bonds is 6. The van der Waals surface area contributed by atoms with Crippen LogP contribution in [0.15, 0.2) is 0 Å². The summed E-state index contributed by atoms with van der Waals surface area (Å²) in [5.74, 6) is -0.0622. The lowest BCUT2D eigenvalue weighted by Gasteiger charge is -2.27. The first-order valence-electron chi connectivity index (χ1n) is 6.32. The van der Waals surface area contributed by atoms with Gasteiger partial charge in [0.2, 0.25) is 5.91 Å². The van der Waals surface area contributed by atoms with E-state index in [4.69, 9.17) is 5.73 Å². The quantitative estimate of drug-likeness (QED) is 0.800. The van der Waals surface area contributed by atoms with Crippen molar-refractivity contribution < 1.29 is 18.0 Å². The maximum absolute atomic E-state index is 12.2. The molecule has 1 fully saturated rings. The zero-order valence-electron chi connectivity index (χ0n) is 10.8. The van der Waals surface area contributed by atoms with E-state index in [1.807, 2.05) is 0 Å². The fourth-order valence-electron chi connectivity index (χ4n) is 1.66. The Labute approximate surface area is 106 Å². The van der Waals surface area contributed by atoms with Crippen molar-refractivity contribution in [1.82, 2.24) is 4.90 Å². The third kappa shape index (κ3) is 5.25. The molecule has 0 unspecified atom stereocenters. The molecule has 1 aliphatic carbocycles. The van der Waals surface area contributed by atoms with E-state index in [-0.39, 0.29) is 18.4 Å². The molecule has 106 valence electrons. The molecule has 1 rings (SSSR count). The first kappa shape index (κ1) is 15.3. The Kier molecular flexibility index (Phi) is 5.01. The van der Waals surface area contributed by atoms with Crippen molar-refractivity contribution in [2.75, 3.05) is 13.1 Å². The van der Waals surface area contributed by atoms with Crippen molar-refractivity contribution in [1.29, 1.82) is 0 Å². The van der Waals surface area contributed by atoms with Crippen LogP contribution in [-0.4, -0.2) is 36.1 Å². The van der Waals surface area contributed by atoms with Gasteiger partial charge in [0.1, 0.15) is 0 Å². The molecule has 0 spiro atoms. The molecule has 0 saturated heterocycles. The number of nitrogens with two attached hydrogens (primary N) is 1. The molecule has 1 aliphatic rings. The van der Waals surface area contributed by atoms with E-state index < -0.39 is 18.6 Å². The Morgan fingerprint density at radius 3 is 2.33 bits per heavy atom. The van der Waals surface area contributed by atoms with Crippen LogP contribution in [0.3, 0.4) is 0 Å². The van der Waals surface area contributed by atoms with Crippen LogP contribution in [0.4, 0.5) is 13.2 Å². The molecule has 0 bridgehead atoms. The van der Waals surface area contributed by atoms with E-state index in [0.717, 1.165) is 12.8 Å². The first-order chi connectivity index (χ1) is 8.20. The third-order valence-corrected chi connectivity index (χ3v) is 3.16. The Morgan fingerprint density at radius 1 is 1.39 bits per heavy atom. The molecule has 0 aromatic carbocycles. The molecule has 0 aromatic heterocycles. The monoisotopic (exact) mass is 266 g/mol. The Balaban J connectivity index is 2.56. The van der Waals surface area contributed by atoms with Gasteiger partial charge in [-0.15, -0.1) is 0 Å². The van der Waals surface area contributed by atoms with Gasteiger partial charge in [-0.3, -0.25) is 4.79 Å². The lowest BCUT2D eigenvalue weighted by Crippen LogP contribution is -2.48. The molecule has 1 amide bonds. The van der Waals surface area contributed by atoms with Crippen molar-refractivity contribution in [2.24, 2.45) is 17.6 Å². The second kappa shape index (κ2) is 5.91. The van der Waals surface area contributed by atoms with Crippen molar-refractivity contribution >= 4 is 5.91 Å². The highest BCUT2D eigenvalue weighted by molar-refractivity contribution is 5.81. The first-order valence-corrected chi connectivity index (χ1v) is 6.32. The molecule has 0 radical (unpaired) electrons. The number of halogens is 3. The molecular formula is C12H21F3N2O. The van der Waals surface area contributed by atoms with Gasteiger partial charge < -0.3 is 10.6 Å². The molecule has 0 aliphatic heterocycles. The van der Waals surface area contributed by atoms with Gasteiger partial charge in [-0.25, -0.2) is 0 Å². The van der Waals surface area contributed by atoms with Gasteiger partial charge in [-0.2, -0.15) is 13.2 Å². The van der Waals surface area contributed by atoms with E-state index in [1.165, 1.54) is 4.90 Å². The predicted octanol–water partition coefficient (Wildman–Crippen LogP) is 2.16. The van der Waals surface area contributed by atoms with E-state index in [1.54, 1.807) is 13.8 Å². The number of amides is 1. The van der Waals surface area contributed by atoms with E-state index in [9.17, 15) is 18.0 Å². The number of carbonyl (C=O) groups is 1. The minimum Gasteiger partial charge on any atom is -0.341 e. The Bertz CT molecular complexity index is 288. The highest BCUT2D eigenvalue weighted by atomic mass is 19.4. The molecule has 2 N–H and O–H groups in total. The second-order valence-electron chi connectivity index (χ2n) is 5.36. The highest BCUT2D eigenvalue weighted by Gasteiger charge is 2.33. The van der Waals surface area contributed by atoms with Crippen LogP contribution in [-0.2, 0) is 4.79 Å². The largest absolute Gasteiger partial charge is 0.390 e. The zero-order chi connectivity index (χ0) is 13.9. The zero-order valence-corrected chi connectivity index (χ0v) is 10.8. The lowest BCUT2D eigenvalue weighted by atomic mass is 10.0. The van der Waals surface area contributed by atoms with E-state index in [2.05, 4.69) is 0 Å². The summed E-state index contributed by atoms with van der Waals surface area (Å²) in [6.07, 6.45) is -3.21.